The quantitative estimate of drug-likeness (QED) is 0.866. The second-order valence-corrected chi connectivity index (χ2v) is 6.10. The fourth-order valence-electron chi connectivity index (χ4n) is 2.67. The molecule has 2 rings (SSSR count). The maximum atomic E-state index is 5.42. The SMILES string of the molecule is COC1CCN(c2ncc(CNCC(C)C)cc2C)C1. The minimum Gasteiger partial charge on any atom is -0.380 e. The summed E-state index contributed by atoms with van der Waals surface area (Å²) in [4.78, 5) is 6.99. The van der Waals surface area contributed by atoms with Crippen LogP contribution in [0.4, 0.5) is 5.82 Å². The van der Waals surface area contributed by atoms with E-state index in [0.29, 0.717) is 12.0 Å². The van der Waals surface area contributed by atoms with Gasteiger partial charge in [-0.25, -0.2) is 4.98 Å². The smallest absolute Gasteiger partial charge is 0.131 e. The molecule has 1 fully saturated rings. The summed E-state index contributed by atoms with van der Waals surface area (Å²) in [6.45, 7) is 10.5. The van der Waals surface area contributed by atoms with Crippen molar-refractivity contribution in [3.63, 3.8) is 0 Å². The zero-order valence-electron chi connectivity index (χ0n) is 13.1. The van der Waals surface area contributed by atoms with E-state index in [9.17, 15) is 0 Å². The number of methoxy groups -OCH3 is 1. The normalized spacial score (nSPS) is 19.1. The zero-order chi connectivity index (χ0) is 14.5. The number of aryl methyl sites for hydroxylation is 1. The highest BCUT2D eigenvalue weighted by atomic mass is 16.5. The Balaban J connectivity index is 1.96. The van der Waals surface area contributed by atoms with Gasteiger partial charge in [-0.3, -0.25) is 0 Å². The molecule has 20 heavy (non-hydrogen) atoms. The average molecular weight is 277 g/mol. The standard InChI is InChI=1S/C16H27N3O/c1-12(2)8-17-9-14-7-13(3)16(18-10-14)19-6-5-15(11-19)20-4/h7,10,12,15,17H,5-6,8-9,11H2,1-4H3. The molecule has 2 heterocycles. The van der Waals surface area contributed by atoms with Gasteiger partial charge in [-0.15, -0.1) is 0 Å². The fraction of sp³-hybridized carbons (Fsp3) is 0.688. The lowest BCUT2D eigenvalue weighted by atomic mass is 10.2. The van der Waals surface area contributed by atoms with Crippen LogP contribution in [0.1, 0.15) is 31.4 Å². The summed E-state index contributed by atoms with van der Waals surface area (Å²) in [5.74, 6) is 1.79. The first-order valence-corrected chi connectivity index (χ1v) is 7.54. The van der Waals surface area contributed by atoms with Gasteiger partial charge in [0.05, 0.1) is 6.10 Å². The van der Waals surface area contributed by atoms with Crippen molar-refractivity contribution in [3.8, 4) is 0 Å². The molecule has 1 aliphatic heterocycles. The Kier molecular flexibility index (Phi) is 5.38. The van der Waals surface area contributed by atoms with Crippen LogP contribution in [0.15, 0.2) is 12.3 Å². The summed E-state index contributed by atoms with van der Waals surface area (Å²) >= 11 is 0. The largest absolute Gasteiger partial charge is 0.380 e. The van der Waals surface area contributed by atoms with Crippen LogP contribution in [0.3, 0.4) is 0 Å². The summed E-state index contributed by atoms with van der Waals surface area (Å²) in [7, 11) is 1.79. The number of pyridine rings is 1. The van der Waals surface area contributed by atoms with E-state index in [1.54, 1.807) is 7.11 Å². The van der Waals surface area contributed by atoms with E-state index in [1.807, 2.05) is 6.20 Å². The molecule has 4 nitrogen and oxygen atoms in total. The molecule has 0 aliphatic carbocycles. The van der Waals surface area contributed by atoms with Crippen LogP contribution < -0.4 is 10.2 Å². The molecule has 0 amide bonds. The van der Waals surface area contributed by atoms with Gasteiger partial charge in [0.15, 0.2) is 0 Å². The Morgan fingerprint density at radius 3 is 2.90 bits per heavy atom. The van der Waals surface area contributed by atoms with Crippen LogP contribution in [0, 0.1) is 12.8 Å². The molecule has 1 aromatic heterocycles. The lowest BCUT2D eigenvalue weighted by Gasteiger charge is -2.20. The summed E-state index contributed by atoms with van der Waals surface area (Å²) in [6, 6.07) is 2.25. The molecular weight excluding hydrogens is 250 g/mol. The third-order valence-corrected chi connectivity index (χ3v) is 3.77. The first-order valence-electron chi connectivity index (χ1n) is 7.54. The van der Waals surface area contributed by atoms with Gasteiger partial charge in [0, 0.05) is 32.9 Å². The van der Waals surface area contributed by atoms with E-state index in [-0.39, 0.29) is 0 Å². The highest BCUT2D eigenvalue weighted by Crippen LogP contribution is 2.23. The molecule has 0 spiro atoms. The van der Waals surface area contributed by atoms with Crippen LogP contribution >= 0.6 is 0 Å². The lowest BCUT2D eigenvalue weighted by molar-refractivity contribution is 0.121. The molecule has 0 saturated carbocycles. The predicted octanol–water partition coefficient (Wildman–Crippen LogP) is 2.36. The Morgan fingerprint density at radius 2 is 2.30 bits per heavy atom. The first kappa shape index (κ1) is 15.3. The minimum atomic E-state index is 0.351. The van der Waals surface area contributed by atoms with Crippen LogP contribution in [0.5, 0.6) is 0 Å². The molecule has 0 aromatic carbocycles. The monoisotopic (exact) mass is 277 g/mol. The van der Waals surface area contributed by atoms with Crippen molar-refractivity contribution in [2.45, 2.75) is 39.8 Å². The number of rotatable bonds is 6. The van der Waals surface area contributed by atoms with Crippen molar-refractivity contribution in [2.24, 2.45) is 5.92 Å². The minimum absolute atomic E-state index is 0.351. The number of hydrogen-bond donors (Lipinski definition) is 1. The second-order valence-electron chi connectivity index (χ2n) is 6.10. The molecule has 1 saturated heterocycles. The number of ether oxygens (including phenoxy) is 1. The van der Waals surface area contributed by atoms with Gasteiger partial charge in [0.1, 0.15) is 5.82 Å². The number of hydrogen-bond acceptors (Lipinski definition) is 4. The molecule has 1 aliphatic rings. The van der Waals surface area contributed by atoms with E-state index in [0.717, 1.165) is 38.4 Å². The van der Waals surface area contributed by atoms with E-state index < -0.39 is 0 Å². The van der Waals surface area contributed by atoms with Gasteiger partial charge < -0.3 is 15.0 Å². The van der Waals surface area contributed by atoms with E-state index in [4.69, 9.17) is 4.74 Å². The van der Waals surface area contributed by atoms with Crippen LogP contribution in [-0.2, 0) is 11.3 Å². The Labute approximate surface area is 122 Å². The van der Waals surface area contributed by atoms with Crippen LogP contribution in [0.2, 0.25) is 0 Å². The van der Waals surface area contributed by atoms with E-state index >= 15 is 0 Å². The molecule has 1 unspecified atom stereocenters. The van der Waals surface area contributed by atoms with Crippen LogP contribution in [-0.4, -0.2) is 37.8 Å². The summed E-state index contributed by atoms with van der Waals surface area (Å²) in [5, 5.41) is 3.46. The van der Waals surface area contributed by atoms with Crippen molar-refractivity contribution < 1.29 is 4.74 Å². The van der Waals surface area contributed by atoms with Gasteiger partial charge in [-0.1, -0.05) is 13.8 Å². The Morgan fingerprint density at radius 1 is 1.50 bits per heavy atom. The topological polar surface area (TPSA) is 37.4 Å². The molecule has 4 heteroatoms. The van der Waals surface area contributed by atoms with Crippen molar-refractivity contribution in [1.29, 1.82) is 0 Å². The fourth-order valence-corrected chi connectivity index (χ4v) is 2.67. The van der Waals surface area contributed by atoms with Crippen molar-refractivity contribution >= 4 is 5.82 Å². The van der Waals surface area contributed by atoms with Crippen molar-refractivity contribution in [1.82, 2.24) is 10.3 Å². The van der Waals surface area contributed by atoms with E-state index in [2.05, 4.69) is 42.0 Å². The second kappa shape index (κ2) is 7.04. The molecular formula is C16H27N3O. The predicted molar refractivity (Wildman–Crippen MR) is 83.1 cm³/mol. The molecule has 1 N–H and O–H groups in total. The maximum absolute atomic E-state index is 5.42. The van der Waals surface area contributed by atoms with Crippen molar-refractivity contribution in [3.05, 3.63) is 23.4 Å². The van der Waals surface area contributed by atoms with Gasteiger partial charge in [-0.2, -0.15) is 0 Å². The highest BCUT2D eigenvalue weighted by molar-refractivity contribution is 5.48. The summed E-state index contributed by atoms with van der Waals surface area (Å²) < 4.78 is 5.42. The van der Waals surface area contributed by atoms with Gasteiger partial charge >= 0.3 is 0 Å². The zero-order valence-corrected chi connectivity index (χ0v) is 13.1. The van der Waals surface area contributed by atoms with E-state index in [1.165, 1.54) is 11.1 Å². The van der Waals surface area contributed by atoms with Crippen molar-refractivity contribution in [2.75, 3.05) is 31.6 Å². The molecule has 1 aromatic rings. The number of aromatic nitrogens is 1. The molecule has 0 bridgehead atoms. The summed E-state index contributed by atoms with van der Waals surface area (Å²) in [6.07, 6.45) is 3.44. The number of anilines is 1. The van der Waals surface area contributed by atoms with Gasteiger partial charge in [0.2, 0.25) is 0 Å². The molecule has 112 valence electrons. The number of nitrogens with zero attached hydrogens (tertiary/aromatic N) is 2. The average Bonchev–Trinajstić information content (AvgIpc) is 2.87. The third kappa shape index (κ3) is 3.93. The van der Waals surface area contributed by atoms with Gasteiger partial charge in [0.25, 0.3) is 0 Å². The van der Waals surface area contributed by atoms with Gasteiger partial charge in [-0.05, 0) is 43.0 Å². The summed E-state index contributed by atoms with van der Waals surface area (Å²) in [5.41, 5.74) is 2.51. The van der Waals surface area contributed by atoms with Crippen LogP contribution in [0.25, 0.3) is 0 Å². The third-order valence-electron chi connectivity index (χ3n) is 3.77. The first-order chi connectivity index (χ1) is 9.60. The lowest BCUT2D eigenvalue weighted by Crippen LogP contribution is -2.24. The molecule has 1 atom stereocenters. The number of nitrogens with one attached hydrogen (secondary N) is 1. The Bertz CT molecular complexity index is 434. The highest BCUT2D eigenvalue weighted by Gasteiger charge is 2.24. The maximum Gasteiger partial charge on any atom is 0.131 e. The Hall–Kier alpha value is -1.13. The molecule has 0 radical (unpaired) electrons.